The van der Waals surface area contributed by atoms with Crippen molar-refractivity contribution in [3.8, 4) is 0 Å². The average molecular weight is 366 g/mol. The van der Waals surface area contributed by atoms with Gasteiger partial charge in [0.05, 0.1) is 0 Å². The number of carbonyl (C=O) groups is 3. The van der Waals surface area contributed by atoms with Crippen LogP contribution in [-0.2, 0) is 9.53 Å². The predicted octanol–water partition coefficient (Wildman–Crippen LogP) is 1.23. The zero-order valence-corrected chi connectivity index (χ0v) is 15.6. The number of alkyl carbamates (subject to hydrolysis) is 1. The number of likely N-dealkylation sites (tertiary alicyclic amines) is 1. The Labute approximate surface area is 152 Å². The second kappa shape index (κ2) is 8.20. The van der Waals surface area contributed by atoms with E-state index in [1.165, 1.54) is 0 Å². The van der Waals surface area contributed by atoms with E-state index < -0.39 is 11.7 Å². The first-order valence-corrected chi connectivity index (χ1v) is 8.63. The first-order chi connectivity index (χ1) is 12.1. The van der Waals surface area contributed by atoms with E-state index in [4.69, 9.17) is 9.26 Å². The Hall–Kier alpha value is -2.58. The van der Waals surface area contributed by atoms with E-state index in [1.807, 2.05) is 0 Å². The fourth-order valence-corrected chi connectivity index (χ4v) is 2.60. The van der Waals surface area contributed by atoms with Crippen molar-refractivity contribution in [1.29, 1.82) is 0 Å². The van der Waals surface area contributed by atoms with Crippen LogP contribution in [0.4, 0.5) is 4.79 Å². The molecule has 1 aromatic heterocycles. The van der Waals surface area contributed by atoms with E-state index in [9.17, 15) is 14.4 Å². The summed E-state index contributed by atoms with van der Waals surface area (Å²) in [5.74, 6) is 0.138. The molecule has 1 fully saturated rings. The molecule has 0 spiro atoms. The van der Waals surface area contributed by atoms with Crippen LogP contribution in [0.5, 0.6) is 0 Å². The largest absolute Gasteiger partial charge is 0.444 e. The third-order valence-electron chi connectivity index (χ3n) is 3.79. The lowest BCUT2D eigenvalue weighted by molar-refractivity contribution is -0.121. The van der Waals surface area contributed by atoms with Crippen LogP contribution in [0, 0.1) is 6.92 Å². The van der Waals surface area contributed by atoms with Gasteiger partial charge in [0, 0.05) is 25.2 Å². The van der Waals surface area contributed by atoms with Crippen LogP contribution in [-0.4, -0.2) is 59.2 Å². The Balaban J connectivity index is 1.70. The van der Waals surface area contributed by atoms with E-state index in [0.29, 0.717) is 37.4 Å². The molecule has 9 heteroatoms. The molecular formula is C17H26N4O5. The topological polar surface area (TPSA) is 114 Å². The molecule has 9 nitrogen and oxygen atoms in total. The molecule has 0 radical (unpaired) electrons. The highest BCUT2D eigenvalue weighted by Gasteiger charge is 2.26. The van der Waals surface area contributed by atoms with Gasteiger partial charge in [-0.3, -0.25) is 9.59 Å². The summed E-state index contributed by atoms with van der Waals surface area (Å²) in [5, 5.41) is 9.02. The van der Waals surface area contributed by atoms with E-state index in [0.717, 1.165) is 0 Å². The normalized spacial score (nSPS) is 15.5. The molecule has 0 bridgehead atoms. The van der Waals surface area contributed by atoms with Crippen LogP contribution >= 0.6 is 0 Å². The molecule has 2 heterocycles. The van der Waals surface area contributed by atoms with Crippen LogP contribution in [0.3, 0.4) is 0 Å². The highest BCUT2D eigenvalue weighted by Crippen LogP contribution is 2.14. The lowest BCUT2D eigenvalue weighted by atomic mass is 10.0. The number of hydrogen-bond acceptors (Lipinski definition) is 6. The molecule has 0 atom stereocenters. The van der Waals surface area contributed by atoms with Crippen molar-refractivity contribution in [3.63, 3.8) is 0 Å². The smallest absolute Gasteiger partial charge is 0.408 e. The van der Waals surface area contributed by atoms with Gasteiger partial charge in [0.2, 0.25) is 5.91 Å². The Morgan fingerprint density at radius 3 is 2.50 bits per heavy atom. The van der Waals surface area contributed by atoms with E-state index >= 15 is 0 Å². The highest BCUT2D eigenvalue weighted by atomic mass is 16.6. The van der Waals surface area contributed by atoms with Crippen LogP contribution < -0.4 is 10.6 Å². The molecule has 0 unspecified atom stereocenters. The van der Waals surface area contributed by atoms with Crippen LogP contribution in [0.25, 0.3) is 0 Å². The van der Waals surface area contributed by atoms with Crippen LogP contribution in [0.15, 0.2) is 10.6 Å². The number of hydrogen-bond donors (Lipinski definition) is 2. The molecule has 2 rings (SSSR count). The minimum atomic E-state index is -0.629. The summed E-state index contributed by atoms with van der Waals surface area (Å²) in [5.41, 5.74) is -0.311. The number of amides is 3. The van der Waals surface area contributed by atoms with Gasteiger partial charge in [-0.2, -0.15) is 0 Å². The van der Waals surface area contributed by atoms with Crippen molar-refractivity contribution >= 4 is 17.9 Å². The molecule has 0 saturated carbocycles. The molecule has 2 N–H and O–H groups in total. The Bertz CT molecular complexity index is 656. The summed E-state index contributed by atoms with van der Waals surface area (Å²) >= 11 is 0. The zero-order chi connectivity index (χ0) is 19.3. The van der Waals surface area contributed by atoms with Gasteiger partial charge in [0.1, 0.15) is 17.9 Å². The molecule has 0 aliphatic carbocycles. The van der Waals surface area contributed by atoms with Gasteiger partial charge in [0.25, 0.3) is 5.91 Å². The maximum Gasteiger partial charge on any atom is 0.408 e. The van der Waals surface area contributed by atoms with Crippen molar-refractivity contribution in [1.82, 2.24) is 20.7 Å². The van der Waals surface area contributed by atoms with Crippen LogP contribution in [0.1, 0.15) is 49.9 Å². The van der Waals surface area contributed by atoms with Crippen molar-refractivity contribution in [2.45, 2.75) is 52.2 Å². The monoisotopic (exact) mass is 366 g/mol. The zero-order valence-electron chi connectivity index (χ0n) is 15.6. The summed E-state index contributed by atoms with van der Waals surface area (Å²) < 4.78 is 10.0. The lowest BCUT2D eigenvalue weighted by Crippen LogP contribution is -2.49. The number of ether oxygens (including phenoxy) is 1. The highest BCUT2D eigenvalue weighted by molar-refractivity contribution is 5.92. The fraction of sp³-hybridized carbons (Fsp3) is 0.647. The molecule has 1 aliphatic rings. The number of nitrogens with one attached hydrogen (secondary N) is 2. The lowest BCUT2D eigenvalue weighted by Gasteiger charge is -2.31. The SMILES string of the molecule is Cc1cc(C(=O)N2CCC(NC(=O)CNC(=O)OC(C)(C)C)CC2)no1. The third-order valence-corrected chi connectivity index (χ3v) is 3.79. The Morgan fingerprint density at radius 2 is 1.96 bits per heavy atom. The number of carbonyl (C=O) groups excluding carboxylic acids is 3. The van der Waals surface area contributed by atoms with Gasteiger partial charge < -0.3 is 24.8 Å². The summed E-state index contributed by atoms with van der Waals surface area (Å²) in [4.78, 5) is 37.5. The Morgan fingerprint density at radius 1 is 1.31 bits per heavy atom. The van der Waals surface area contributed by atoms with E-state index in [2.05, 4.69) is 15.8 Å². The quantitative estimate of drug-likeness (QED) is 0.828. The molecule has 0 aromatic carbocycles. The first kappa shape index (κ1) is 19.7. The van der Waals surface area contributed by atoms with Gasteiger partial charge in [-0.05, 0) is 40.5 Å². The van der Waals surface area contributed by atoms with Gasteiger partial charge in [0.15, 0.2) is 5.69 Å². The minimum Gasteiger partial charge on any atom is -0.444 e. The molecule has 1 aromatic rings. The maximum absolute atomic E-state index is 12.3. The standard InChI is InChI=1S/C17H26N4O5/c1-11-9-13(20-26-11)15(23)21-7-5-12(6-8-21)19-14(22)10-18-16(24)25-17(2,3)4/h9,12H,5-8,10H2,1-4H3,(H,18,24)(H,19,22). The molecule has 26 heavy (non-hydrogen) atoms. The summed E-state index contributed by atoms with van der Waals surface area (Å²) in [7, 11) is 0. The number of nitrogens with zero attached hydrogens (tertiary/aromatic N) is 2. The van der Waals surface area contributed by atoms with Gasteiger partial charge in [-0.25, -0.2) is 4.79 Å². The molecular weight excluding hydrogens is 340 g/mol. The number of aromatic nitrogens is 1. The number of rotatable bonds is 4. The third kappa shape index (κ3) is 6.05. The first-order valence-electron chi connectivity index (χ1n) is 8.63. The average Bonchev–Trinajstić information content (AvgIpc) is 2.98. The second-order valence-corrected chi connectivity index (χ2v) is 7.31. The predicted molar refractivity (Wildman–Crippen MR) is 92.5 cm³/mol. The molecule has 1 saturated heterocycles. The molecule has 1 aliphatic heterocycles. The van der Waals surface area contributed by atoms with Crippen molar-refractivity contribution in [2.75, 3.05) is 19.6 Å². The Kier molecular flexibility index (Phi) is 6.23. The van der Waals surface area contributed by atoms with Crippen molar-refractivity contribution < 1.29 is 23.6 Å². The fourth-order valence-electron chi connectivity index (χ4n) is 2.60. The van der Waals surface area contributed by atoms with Crippen molar-refractivity contribution in [2.24, 2.45) is 0 Å². The van der Waals surface area contributed by atoms with Crippen molar-refractivity contribution in [3.05, 3.63) is 17.5 Å². The summed E-state index contributed by atoms with van der Waals surface area (Å²) in [6.45, 7) is 7.89. The number of piperidine rings is 1. The van der Waals surface area contributed by atoms with Crippen LogP contribution in [0.2, 0.25) is 0 Å². The minimum absolute atomic E-state index is 0.0361. The van der Waals surface area contributed by atoms with Gasteiger partial charge in [-0.1, -0.05) is 5.16 Å². The maximum atomic E-state index is 12.3. The summed E-state index contributed by atoms with van der Waals surface area (Å²) in [6.07, 6.45) is 0.651. The summed E-state index contributed by atoms with van der Waals surface area (Å²) in [6, 6.07) is 1.57. The van der Waals surface area contributed by atoms with Gasteiger partial charge >= 0.3 is 6.09 Å². The van der Waals surface area contributed by atoms with Gasteiger partial charge in [-0.15, -0.1) is 0 Å². The van der Waals surface area contributed by atoms with E-state index in [1.54, 1.807) is 38.7 Å². The molecule has 3 amide bonds. The van der Waals surface area contributed by atoms with E-state index in [-0.39, 0.29) is 24.4 Å². The molecule has 144 valence electrons. The number of aryl methyl sites for hydroxylation is 1. The second-order valence-electron chi connectivity index (χ2n) is 7.31.